The molecule has 0 saturated carbocycles. The van der Waals surface area contributed by atoms with Crippen molar-refractivity contribution in [3.05, 3.63) is 65.5 Å². The van der Waals surface area contributed by atoms with Crippen LogP contribution in [0, 0.1) is 24.1 Å². The number of hydrogen-bond acceptors (Lipinski definition) is 4. The molecule has 0 saturated heterocycles. The number of carbonyl (C=O) groups is 1. The second-order valence-electron chi connectivity index (χ2n) is 5.87. The molecule has 6 heteroatoms. The Kier molecular flexibility index (Phi) is 4.81. The van der Waals surface area contributed by atoms with Crippen molar-refractivity contribution in [1.29, 1.82) is 5.26 Å². The number of nitrogens with zero attached hydrogens (tertiary/aromatic N) is 3. The van der Waals surface area contributed by atoms with Crippen molar-refractivity contribution >= 4 is 28.3 Å². The number of nitrogens with one attached hydrogen (secondary N) is 1. The van der Waals surface area contributed by atoms with Crippen LogP contribution in [0.4, 0.5) is 15.9 Å². The van der Waals surface area contributed by atoms with Gasteiger partial charge < -0.3 is 10.2 Å². The molecule has 3 aromatic rings. The van der Waals surface area contributed by atoms with Gasteiger partial charge in [0.15, 0.2) is 0 Å². The maximum atomic E-state index is 13.0. The van der Waals surface area contributed by atoms with E-state index in [1.807, 2.05) is 31.2 Å². The van der Waals surface area contributed by atoms with Gasteiger partial charge in [0.1, 0.15) is 17.7 Å². The second kappa shape index (κ2) is 7.19. The van der Waals surface area contributed by atoms with Gasteiger partial charge in [0.2, 0.25) is 5.91 Å². The number of anilines is 2. The van der Waals surface area contributed by atoms with Gasteiger partial charge in [-0.1, -0.05) is 18.2 Å². The molecule has 26 heavy (non-hydrogen) atoms. The number of hydrogen-bond donors (Lipinski definition) is 1. The van der Waals surface area contributed by atoms with E-state index in [2.05, 4.69) is 16.4 Å². The summed E-state index contributed by atoms with van der Waals surface area (Å²) in [6, 6.07) is 15.4. The van der Waals surface area contributed by atoms with Crippen LogP contribution in [0.15, 0.2) is 48.5 Å². The van der Waals surface area contributed by atoms with E-state index >= 15 is 0 Å². The molecule has 0 spiro atoms. The molecular weight excluding hydrogens is 331 g/mol. The molecule has 0 aliphatic heterocycles. The van der Waals surface area contributed by atoms with E-state index in [0.29, 0.717) is 17.1 Å². The monoisotopic (exact) mass is 348 g/mol. The summed E-state index contributed by atoms with van der Waals surface area (Å²) < 4.78 is 13.0. The maximum Gasteiger partial charge on any atom is 0.246 e. The minimum atomic E-state index is -0.359. The summed E-state index contributed by atoms with van der Waals surface area (Å²) in [6.07, 6.45) is 0. The SMILES string of the molecule is Cc1c(C#N)c(NCC(=O)N(C)c2ccc(F)cc2)nc2ccccc12. The number of benzene rings is 2. The lowest BCUT2D eigenvalue weighted by molar-refractivity contribution is -0.116. The first-order chi connectivity index (χ1) is 12.5. The number of halogens is 1. The van der Waals surface area contributed by atoms with Crippen molar-refractivity contribution in [2.45, 2.75) is 6.92 Å². The van der Waals surface area contributed by atoms with E-state index < -0.39 is 0 Å². The van der Waals surface area contributed by atoms with Crippen LogP contribution in [0.1, 0.15) is 11.1 Å². The number of amides is 1. The lowest BCUT2D eigenvalue weighted by Gasteiger charge is -2.18. The van der Waals surface area contributed by atoms with Gasteiger partial charge in [0, 0.05) is 18.1 Å². The Morgan fingerprint density at radius 2 is 1.92 bits per heavy atom. The Morgan fingerprint density at radius 1 is 1.23 bits per heavy atom. The molecule has 1 heterocycles. The average Bonchev–Trinajstić information content (AvgIpc) is 2.66. The number of likely N-dealkylation sites (N-methyl/N-ethyl adjacent to an activating group) is 1. The zero-order valence-electron chi connectivity index (χ0n) is 14.5. The van der Waals surface area contributed by atoms with Crippen molar-refractivity contribution in [3.8, 4) is 6.07 Å². The summed E-state index contributed by atoms with van der Waals surface area (Å²) in [5.41, 5.74) is 2.58. The number of carbonyl (C=O) groups excluding carboxylic acids is 1. The highest BCUT2D eigenvalue weighted by Gasteiger charge is 2.15. The summed E-state index contributed by atoms with van der Waals surface area (Å²) in [7, 11) is 1.61. The summed E-state index contributed by atoms with van der Waals surface area (Å²) in [4.78, 5) is 18.3. The lowest BCUT2D eigenvalue weighted by atomic mass is 10.0. The highest BCUT2D eigenvalue weighted by Crippen LogP contribution is 2.25. The first kappa shape index (κ1) is 17.4. The molecule has 1 aromatic heterocycles. The third-order valence-corrected chi connectivity index (χ3v) is 4.26. The molecule has 0 bridgehead atoms. The third kappa shape index (κ3) is 3.33. The van der Waals surface area contributed by atoms with E-state index in [9.17, 15) is 14.4 Å². The van der Waals surface area contributed by atoms with Crippen molar-refractivity contribution in [2.24, 2.45) is 0 Å². The minimum Gasteiger partial charge on any atom is -0.360 e. The summed E-state index contributed by atoms with van der Waals surface area (Å²) >= 11 is 0. The molecule has 130 valence electrons. The Bertz CT molecular complexity index is 1010. The number of aryl methyl sites for hydroxylation is 1. The quantitative estimate of drug-likeness (QED) is 0.782. The second-order valence-corrected chi connectivity index (χ2v) is 5.87. The van der Waals surface area contributed by atoms with E-state index in [4.69, 9.17) is 0 Å². The smallest absolute Gasteiger partial charge is 0.246 e. The number of aromatic nitrogens is 1. The predicted molar refractivity (Wildman–Crippen MR) is 99.5 cm³/mol. The largest absolute Gasteiger partial charge is 0.360 e. The molecule has 0 aliphatic rings. The van der Waals surface area contributed by atoms with Gasteiger partial charge in [-0.15, -0.1) is 0 Å². The number of pyridine rings is 1. The van der Waals surface area contributed by atoms with E-state index in [0.717, 1.165) is 16.5 Å². The van der Waals surface area contributed by atoms with Crippen LogP contribution in [0.5, 0.6) is 0 Å². The van der Waals surface area contributed by atoms with Gasteiger partial charge in [-0.3, -0.25) is 4.79 Å². The molecule has 1 N–H and O–H groups in total. The Labute approximate surface area is 150 Å². The summed E-state index contributed by atoms with van der Waals surface area (Å²) in [5.74, 6) is -0.208. The maximum absolute atomic E-state index is 13.0. The fourth-order valence-electron chi connectivity index (χ4n) is 2.73. The Balaban J connectivity index is 1.82. The number of para-hydroxylation sites is 1. The molecule has 1 amide bonds. The van der Waals surface area contributed by atoms with Crippen LogP contribution >= 0.6 is 0 Å². The third-order valence-electron chi connectivity index (χ3n) is 4.26. The molecule has 0 unspecified atom stereocenters. The van der Waals surface area contributed by atoms with Gasteiger partial charge in [0.25, 0.3) is 0 Å². The van der Waals surface area contributed by atoms with Gasteiger partial charge in [-0.05, 0) is 42.8 Å². The Hall–Kier alpha value is -3.46. The van der Waals surface area contributed by atoms with Crippen LogP contribution in [-0.4, -0.2) is 24.5 Å². The molecule has 0 atom stereocenters. The van der Waals surface area contributed by atoms with E-state index in [-0.39, 0.29) is 18.3 Å². The van der Waals surface area contributed by atoms with Crippen LogP contribution in [0.25, 0.3) is 10.9 Å². The zero-order chi connectivity index (χ0) is 18.7. The Morgan fingerprint density at radius 3 is 2.62 bits per heavy atom. The standard InChI is InChI=1S/C20H17FN4O/c1-13-16-5-3-4-6-18(16)24-20(17(13)11-22)23-12-19(26)25(2)15-9-7-14(21)8-10-15/h3-10H,12H2,1-2H3,(H,23,24). The van der Waals surface area contributed by atoms with Crippen molar-refractivity contribution in [1.82, 2.24) is 4.98 Å². The normalized spacial score (nSPS) is 10.4. The average molecular weight is 348 g/mol. The summed E-state index contributed by atoms with van der Waals surface area (Å²) in [5, 5.41) is 13.3. The van der Waals surface area contributed by atoms with Crippen LogP contribution in [-0.2, 0) is 4.79 Å². The minimum absolute atomic E-state index is 0.0344. The van der Waals surface area contributed by atoms with Gasteiger partial charge in [-0.2, -0.15) is 5.26 Å². The lowest BCUT2D eigenvalue weighted by Crippen LogP contribution is -2.32. The molecule has 2 aromatic carbocycles. The number of rotatable bonds is 4. The molecule has 3 rings (SSSR count). The number of fused-ring (bicyclic) bond motifs is 1. The molecule has 0 radical (unpaired) electrons. The van der Waals surface area contributed by atoms with Gasteiger partial charge in [0.05, 0.1) is 17.6 Å². The number of nitriles is 1. The first-order valence-electron chi connectivity index (χ1n) is 8.06. The van der Waals surface area contributed by atoms with Crippen LogP contribution in [0.2, 0.25) is 0 Å². The van der Waals surface area contributed by atoms with Crippen LogP contribution in [0.3, 0.4) is 0 Å². The zero-order valence-corrected chi connectivity index (χ0v) is 14.5. The van der Waals surface area contributed by atoms with E-state index in [1.54, 1.807) is 7.05 Å². The first-order valence-corrected chi connectivity index (χ1v) is 8.06. The highest BCUT2D eigenvalue weighted by atomic mass is 19.1. The molecule has 0 fully saturated rings. The fraction of sp³-hybridized carbons (Fsp3) is 0.150. The van der Waals surface area contributed by atoms with Crippen molar-refractivity contribution < 1.29 is 9.18 Å². The molecule has 5 nitrogen and oxygen atoms in total. The van der Waals surface area contributed by atoms with Crippen molar-refractivity contribution in [3.63, 3.8) is 0 Å². The summed E-state index contributed by atoms with van der Waals surface area (Å²) in [6.45, 7) is 1.83. The fourth-order valence-corrected chi connectivity index (χ4v) is 2.73. The molecular formula is C20H17FN4O. The predicted octanol–water partition coefficient (Wildman–Crippen LogP) is 3.63. The van der Waals surface area contributed by atoms with Gasteiger partial charge in [-0.25, -0.2) is 9.37 Å². The van der Waals surface area contributed by atoms with Crippen LogP contribution < -0.4 is 10.2 Å². The van der Waals surface area contributed by atoms with Crippen molar-refractivity contribution in [2.75, 3.05) is 23.8 Å². The van der Waals surface area contributed by atoms with Gasteiger partial charge >= 0.3 is 0 Å². The highest BCUT2D eigenvalue weighted by molar-refractivity contribution is 5.96. The topological polar surface area (TPSA) is 69.0 Å². The van der Waals surface area contributed by atoms with E-state index in [1.165, 1.54) is 29.2 Å². The molecule has 0 aliphatic carbocycles.